The molecule has 0 aromatic carbocycles. The van der Waals surface area contributed by atoms with Crippen molar-refractivity contribution in [2.24, 2.45) is 20.7 Å². The zero-order valence-corrected chi connectivity index (χ0v) is 8.53. The van der Waals surface area contributed by atoms with Crippen LogP contribution in [0.1, 0.15) is 52.4 Å². The average molecular weight is 182 g/mol. The molecular weight excluding hydrogens is 164 g/mol. The standard InChI is InChI=1S/C9H18N4/c1-3-5-7-9(8-6-4-2)10-12-13-11-9/h3-8H2,1-2H3. The summed E-state index contributed by atoms with van der Waals surface area (Å²) in [6.07, 6.45) is 6.66. The van der Waals surface area contributed by atoms with Crippen LogP contribution < -0.4 is 0 Å². The van der Waals surface area contributed by atoms with Crippen molar-refractivity contribution < 1.29 is 0 Å². The van der Waals surface area contributed by atoms with E-state index >= 15 is 0 Å². The van der Waals surface area contributed by atoms with Crippen LogP contribution in [-0.4, -0.2) is 5.66 Å². The molecule has 0 saturated carbocycles. The average Bonchev–Trinajstić information content (AvgIpc) is 2.61. The quantitative estimate of drug-likeness (QED) is 0.598. The monoisotopic (exact) mass is 182 g/mol. The molecule has 0 fully saturated rings. The summed E-state index contributed by atoms with van der Waals surface area (Å²) in [5.74, 6) is 0. The maximum absolute atomic E-state index is 4.13. The third-order valence-electron chi connectivity index (χ3n) is 2.36. The molecule has 1 aliphatic heterocycles. The first-order valence-electron chi connectivity index (χ1n) is 5.17. The van der Waals surface area contributed by atoms with Gasteiger partial charge < -0.3 is 0 Å². The van der Waals surface area contributed by atoms with Gasteiger partial charge in [-0.15, -0.1) is 10.2 Å². The van der Waals surface area contributed by atoms with Gasteiger partial charge in [-0.2, -0.15) is 0 Å². The van der Waals surface area contributed by atoms with Gasteiger partial charge in [-0.1, -0.05) is 26.7 Å². The summed E-state index contributed by atoms with van der Waals surface area (Å²) in [7, 11) is 0. The van der Waals surface area contributed by atoms with Gasteiger partial charge in [0.1, 0.15) is 0 Å². The van der Waals surface area contributed by atoms with Gasteiger partial charge >= 0.3 is 0 Å². The van der Waals surface area contributed by atoms with Crippen LogP contribution in [0.25, 0.3) is 0 Å². The summed E-state index contributed by atoms with van der Waals surface area (Å²) in [6, 6.07) is 0. The van der Waals surface area contributed by atoms with Crippen molar-refractivity contribution in [3.63, 3.8) is 0 Å². The second-order valence-corrected chi connectivity index (χ2v) is 3.57. The summed E-state index contributed by atoms with van der Waals surface area (Å²) < 4.78 is 0. The second kappa shape index (κ2) is 5.04. The van der Waals surface area contributed by atoms with E-state index in [0.29, 0.717) is 0 Å². The van der Waals surface area contributed by atoms with Crippen molar-refractivity contribution >= 4 is 0 Å². The minimum absolute atomic E-state index is 0.286. The van der Waals surface area contributed by atoms with Gasteiger partial charge in [-0.3, -0.25) is 0 Å². The van der Waals surface area contributed by atoms with E-state index in [-0.39, 0.29) is 5.66 Å². The molecule has 0 aromatic rings. The molecule has 74 valence electrons. The van der Waals surface area contributed by atoms with Crippen molar-refractivity contribution in [2.45, 2.75) is 58.0 Å². The van der Waals surface area contributed by atoms with Gasteiger partial charge in [0, 0.05) is 0 Å². The highest BCUT2D eigenvalue weighted by atomic mass is 15.6. The van der Waals surface area contributed by atoms with E-state index in [9.17, 15) is 0 Å². The predicted molar refractivity (Wildman–Crippen MR) is 51.5 cm³/mol. The Hall–Kier alpha value is -0.800. The van der Waals surface area contributed by atoms with Crippen LogP contribution in [0.4, 0.5) is 0 Å². The van der Waals surface area contributed by atoms with Crippen molar-refractivity contribution in [1.29, 1.82) is 0 Å². The molecule has 4 nitrogen and oxygen atoms in total. The van der Waals surface area contributed by atoms with Crippen molar-refractivity contribution in [1.82, 2.24) is 0 Å². The lowest BCUT2D eigenvalue weighted by molar-refractivity contribution is 0.356. The fourth-order valence-corrected chi connectivity index (χ4v) is 1.47. The largest absolute Gasteiger partial charge is 0.195 e. The molecule has 0 unspecified atom stereocenters. The fourth-order valence-electron chi connectivity index (χ4n) is 1.47. The minimum Gasteiger partial charge on any atom is -0.135 e. The van der Waals surface area contributed by atoms with Crippen LogP contribution in [0.2, 0.25) is 0 Å². The molecule has 0 aliphatic carbocycles. The summed E-state index contributed by atoms with van der Waals surface area (Å²) >= 11 is 0. The summed E-state index contributed by atoms with van der Waals surface area (Å²) in [4.78, 5) is 0. The molecular formula is C9H18N4. The number of nitrogens with zero attached hydrogens (tertiary/aromatic N) is 4. The van der Waals surface area contributed by atoms with E-state index in [4.69, 9.17) is 0 Å². The Kier molecular flexibility index (Phi) is 3.99. The van der Waals surface area contributed by atoms with E-state index < -0.39 is 0 Å². The van der Waals surface area contributed by atoms with Crippen molar-refractivity contribution in [3.05, 3.63) is 0 Å². The zero-order chi connectivity index (χ0) is 9.57. The Morgan fingerprint density at radius 1 is 0.846 bits per heavy atom. The highest BCUT2D eigenvalue weighted by Crippen LogP contribution is 2.31. The van der Waals surface area contributed by atoms with Gasteiger partial charge in [0.15, 0.2) is 5.66 Å². The smallest absolute Gasteiger partial charge is 0.135 e. The Balaban J connectivity index is 2.44. The first kappa shape index (κ1) is 10.3. The second-order valence-electron chi connectivity index (χ2n) is 3.57. The lowest BCUT2D eigenvalue weighted by Crippen LogP contribution is -2.20. The maximum Gasteiger partial charge on any atom is 0.195 e. The molecule has 0 spiro atoms. The van der Waals surface area contributed by atoms with Crippen LogP contribution in [0.3, 0.4) is 0 Å². The Labute approximate surface area is 79.5 Å². The third-order valence-corrected chi connectivity index (χ3v) is 2.36. The summed E-state index contributed by atoms with van der Waals surface area (Å²) in [5, 5.41) is 15.5. The highest BCUT2D eigenvalue weighted by molar-refractivity contribution is 4.84. The van der Waals surface area contributed by atoms with Crippen LogP contribution in [0.15, 0.2) is 20.7 Å². The zero-order valence-electron chi connectivity index (χ0n) is 8.53. The predicted octanol–water partition coefficient (Wildman–Crippen LogP) is 3.90. The first-order chi connectivity index (χ1) is 6.33. The fraction of sp³-hybridized carbons (Fsp3) is 1.00. The summed E-state index contributed by atoms with van der Waals surface area (Å²) in [5.41, 5.74) is -0.286. The van der Waals surface area contributed by atoms with E-state index in [0.717, 1.165) is 25.7 Å². The van der Waals surface area contributed by atoms with Crippen molar-refractivity contribution in [3.8, 4) is 0 Å². The lowest BCUT2D eigenvalue weighted by atomic mass is 9.98. The number of rotatable bonds is 6. The van der Waals surface area contributed by atoms with Crippen LogP contribution in [0, 0.1) is 0 Å². The highest BCUT2D eigenvalue weighted by Gasteiger charge is 2.31. The normalized spacial score (nSPS) is 18.3. The van der Waals surface area contributed by atoms with E-state index in [1.807, 2.05) is 0 Å². The lowest BCUT2D eigenvalue weighted by Gasteiger charge is -2.18. The first-order valence-corrected chi connectivity index (χ1v) is 5.17. The number of unbranched alkanes of at least 4 members (excludes halogenated alkanes) is 2. The molecule has 0 radical (unpaired) electrons. The minimum atomic E-state index is -0.286. The van der Waals surface area contributed by atoms with Crippen LogP contribution in [-0.2, 0) is 0 Å². The Bertz CT molecular complexity index is 176. The number of hydrogen-bond donors (Lipinski definition) is 0. The molecule has 4 heteroatoms. The van der Waals surface area contributed by atoms with Gasteiger partial charge in [0.05, 0.1) is 0 Å². The topological polar surface area (TPSA) is 49.4 Å². The van der Waals surface area contributed by atoms with E-state index in [1.165, 1.54) is 12.8 Å². The molecule has 0 bridgehead atoms. The molecule has 13 heavy (non-hydrogen) atoms. The van der Waals surface area contributed by atoms with E-state index in [1.54, 1.807) is 0 Å². The molecule has 0 N–H and O–H groups in total. The molecule has 0 atom stereocenters. The van der Waals surface area contributed by atoms with Gasteiger partial charge in [0.25, 0.3) is 0 Å². The van der Waals surface area contributed by atoms with Crippen molar-refractivity contribution in [2.75, 3.05) is 0 Å². The SMILES string of the molecule is CCCCC1(CCCC)N=NN=N1. The van der Waals surface area contributed by atoms with E-state index in [2.05, 4.69) is 34.5 Å². The molecule has 0 aromatic heterocycles. The summed E-state index contributed by atoms with van der Waals surface area (Å²) in [6.45, 7) is 4.35. The number of hydrogen-bond acceptors (Lipinski definition) is 4. The molecule has 1 heterocycles. The third kappa shape index (κ3) is 2.86. The maximum atomic E-state index is 4.13. The van der Waals surface area contributed by atoms with Crippen LogP contribution >= 0.6 is 0 Å². The van der Waals surface area contributed by atoms with Gasteiger partial charge in [-0.05, 0) is 36.1 Å². The Morgan fingerprint density at radius 2 is 1.31 bits per heavy atom. The Morgan fingerprint density at radius 3 is 1.69 bits per heavy atom. The molecule has 1 aliphatic rings. The molecule has 0 saturated heterocycles. The molecule has 1 rings (SSSR count). The molecule has 0 amide bonds. The van der Waals surface area contributed by atoms with Gasteiger partial charge in [-0.25, -0.2) is 0 Å². The van der Waals surface area contributed by atoms with Crippen LogP contribution in [0.5, 0.6) is 0 Å². The van der Waals surface area contributed by atoms with Gasteiger partial charge in [0.2, 0.25) is 0 Å².